The van der Waals surface area contributed by atoms with E-state index in [1.165, 1.54) is 26.2 Å². The average molecular weight is 469 g/mol. The smallest absolute Gasteiger partial charge is 0.340 e. The van der Waals surface area contributed by atoms with E-state index in [1.807, 2.05) is 4.90 Å². The van der Waals surface area contributed by atoms with Crippen molar-refractivity contribution >= 4 is 33.3 Å². The molecule has 0 N–H and O–H groups in total. The highest BCUT2D eigenvalue weighted by Gasteiger charge is 2.25. The van der Waals surface area contributed by atoms with Crippen LogP contribution < -0.4 is 9.64 Å². The van der Waals surface area contributed by atoms with Crippen molar-refractivity contribution in [2.24, 2.45) is 0 Å². The van der Waals surface area contributed by atoms with Gasteiger partial charge in [0.2, 0.25) is 10.0 Å². The van der Waals surface area contributed by atoms with Crippen LogP contribution in [0.25, 0.3) is 0 Å². The lowest BCUT2D eigenvalue weighted by Crippen LogP contribution is -2.37. The summed E-state index contributed by atoms with van der Waals surface area (Å²) in [4.78, 5) is 14.9. The molecule has 0 atom stereocenters. The van der Waals surface area contributed by atoms with Gasteiger partial charge in [-0.05, 0) is 30.3 Å². The number of rotatable bonds is 8. The summed E-state index contributed by atoms with van der Waals surface area (Å²) in [5.74, 6) is -0.131. The molecule has 168 valence electrons. The van der Waals surface area contributed by atoms with E-state index in [4.69, 9.17) is 25.8 Å². The van der Waals surface area contributed by atoms with Gasteiger partial charge >= 0.3 is 5.97 Å². The van der Waals surface area contributed by atoms with Crippen LogP contribution in [0.5, 0.6) is 5.75 Å². The fourth-order valence-corrected chi connectivity index (χ4v) is 4.17. The van der Waals surface area contributed by atoms with Crippen LogP contribution in [0.15, 0.2) is 47.4 Å². The van der Waals surface area contributed by atoms with Crippen LogP contribution in [-0.2, 0) is 19.5 Å². The predicted octanol–water partition coefficient (Wildman–Crippen LogP) is 2.66. The molecule has 0 aliphatic carbocycles. The first-order valence-electron chi connectivity index (χ1n) is 9.74. The molecular weight excluding hydrogens is 444 g/mol. The Balaban J connectivity index is 1.77. The molecule has 10 heteroatoms. The van der Waals surface area contributed by atoms with Crippen molar-refractivity contribution in [3.05, 3.63) is 53.1 Å². The molecule has 0 spiro atoms. The number of nitrogens with zero attached hydrogens (tertiary/aromatic N) is 2. The summed E-state index contributed by atoms with van der Waals surface area (Å²) in [5.41, 5.74) is 0.792. The Labute approximate surface area is 187 Å². The van der Waals surface area contributed by atoms with Gasteiger partial charge in [-0.2, -0.15) is 0 Å². The van der Waals surface area contributed by atoms with E-state index in [9.17, 15) is 13.2 Å². The van der Waals surface area contributed by atoms with Gasteiger partial charge in [0.05, 0.1) is 34.4 Å². The summed E-state index contributed by atoms with van der Waals surface area (Å²) in [6.07, 6.45) is 0. The van der Waals surface area contributed by atoms with Crippen LogP contribution in [-0.4, -0.2) is 72.3 Å². The van der Waals surface area contributed by atoms with Gasteiger partial charge in [-0.3, -0.25) is 0 Å². The maximum absolute atomic E-state index is 12.9. The number of sulfonamides is 1. The SMILES string of the molecule is CN(C)S(=O)(=O)c1ccc(N2CCOCC2)c(C(=O)OCCOc2ccccc2Cl)c1. The highest BCUT2D eigenvalue weighted by Crippen LogP contribution is 2.27. The largest absolute Gasteiger partial charge is 0.488 e. The number of morpholine rings is 1. The summed E-state index contributed by atoms with van der Waals surface area (Å²) in [6, 6.07) is 11.5. The molecule has 0 aromatic heterocycles. The number of ether oxygens (including phenoxy) is 3. The monoisotopic (exact) mass is 468 g/mol. The van der Waals surface area contributed by atoms with Gasteiger partial charge in [-0.1, -0.05) is 23.7 Å². The molecule has 0 radical (unpaired) electrons. The van der Waals surface area contributed by atoms with Crippen LogP contribution in [0.3, 0.4) is 0 Å². The molecule has 1 saturated heterocycles. The number of halogens is 1. The number of hydrogen-bond donors (Lipinski definition) is 0. The van der Waals surface area contributed by atoms with E-state index >= 15 is 0 Å². The Morgan fingerprint density at radius 1 is 1.13 bits per heavy atom. The quantitative estimate of drug-likeness (QED) is 0.435. The number of para-hydroxylation sites is 1. The minimum Gasteiger partial charge on any atom is -0.488 e. The summed E-state index contributed by atoms with van der Waals surface area (Å²) in [7, 11) is -0.824. The molecule has 31 heavy (non-hydrogen) atoms. The minimum atomic E-state index is -3.70. The highest BCUT2D eigenvalue weighted by molar-refractivity contribution is 7.89. The second-order valence-corrected chi connectivity index (χ2v) is 9.54. The lowest BCUT2D eigenvalue weighted by atomic mass is 10.1. The number of anilines is 1. The fourth-order valence-electron chi connectivity index (χ4n) is 3.06. The Morgan fingerprint density at radius 2 is 1.84 bits per heavy atom. The first-order valence-corrected chi connectivity index (χ1v) is 11.6. The van der Waals surface area contributed by atoms with E-state index in [1.54, 1.807) is 30.3 Å². The summed E-state index contributed by atoms with van der Waals surface area (Å²) in [5, 5.41) is 0.463. The zero-order valence-electron chi connectivity index (χ0n) is 17.4. The topological polar surface area (TPSA) is 85.4 Å². The first kappa shape index (κ1) is 23.3. The summed E-state index contributed by atoms with van der Waals surface area (Å²) < 4.78 is 42.5. The number of hydrogen-bond acceptors (Lipinski definition) is 7. The molecule has 0 unspecified atom stereocenters. The zero-order chi connectivity index (χ0) is 22.4. The van der Waals surface area contributed by atoms with E-state index in [0.29, 0.717) is 42.8 Å². The van der Waals surface area contributed by atoms with Gasteiger partial charge in [0.1, 0.15) is 19.0 Å². The molecule has 2 aromatic carbocycles. The third kappa shape index (κ3) is 5.68. The van der Waals surface area contributed by atoms with Crippen molar-refractivity contribution in [2.45, 2.75) is 4.90 Å². The van der Waals surface area contributed by atoms with E-state index in [-0.39, 0.29) is 23.7 Å². The van der Waals surface area contributed by atoms with Gasteiger partial charge in [-0.15, -0.1) is 0 Å². The molecule has 2 aromatic rings. The molecule has 1 aliphatic heterocycles. The molecule has 1 aliphatic rings. The van der Waals surface area contributed by atoms with Gasteiger partial charge in [-0.25, -0.2) is 17.5 Å². The van der Waals surface area contributed by atoms with Gasteiger partial charge in [0, 0.05) is 27.2 Å². The lowest BCUT2D eigenvalue weighted by molar-refractivity contribution is 0.0450. The molecule has 1 fully saturated rings. The van der Waals surface area contributed by atoms with Crippen molar-refractivity contribution in [3.8, 4) is 5.75 Å². The number of esters is 1. The normalized spacial score (nSPS) is 14.5. The summed E-state index contributed by atoms with van der Waals surface area (Å²) in [6.45, 7) is 2.33. The fraction of sp³-hybridized carbons (Fsp3) is 0.381. The molecule has 8 nitrogen and oxygen atoms in total. The Hall–Kier alpha value is -2.33. The third-order valence-electron chi connectivity index (χ3n) is 4.73. The lowest BCUT2D eigenvalue weighted by Gasteiger charge is -2.30. The van der Waals surface area contributed by atoms with E-state index < -0.39 is 16.0 Å². The molecule has 0 saturated carbocycles. The minimum absolute atomic E-state index is 0.0166. The van der Waals surface area contributed by atoms with E-state index in [0.717, 1.165) is 4.31 Å². The van der Waals surface area contributed by atoms with Crippen molar-refractivity contribution in [1.29, 1.82) is 0 Å². The number of benzene rings is 2. The Kier molecular flexibility index (Phi) is 7.77. The van der Waals surface area contributed by atoms with Crippen molar-refractivity contribution in [1.82, 2.24) is 4.31 Å². The molecule has 3 rings (SSSR count). The zero-order valence-corrected chi connectivity index (χ0v) is 19.0. The average Bonchev–Trinajstić information content (AvgIpc) is 2.77. The van der Waals surface area contributed by atoms with Crippen LogP contribution >= 0.6 is 11.6 Å². The number of carbonyl (C=O) groups excluding carboxylic acids is 1. The predicted molar refractivity (Wildman–Crippen MR) is 118 cm³/mol. The molecular formula is C21H25ClN2O6S. The van der Waals surface area contributed by atoms with Crippen LogP contribution in [0.4, 0.5) is 5.69 Å². The van der Waals surface area contributed by atoms with Crippen LogP contribution in [0, 0.1) is 0 Å². The van der Waals surface area contributed by atoms with Crippen molar-refractivity contribution < 1.29 is 27.4 Å². The molecule has 0 amide bonds. The van der Waals surface area contributed by atoms with Crippen molar-refractivity contribution in [3.63, 3.8) is 0 Å². The molecule has 0 bridgehead atoms. The van der Waals surface area contributed by atoms with Gasteiger partial charge in [0.15, 0.2) is 0 Å². The summed E-state index contributed by atoms with van der Waals surface area (Å²) >= 11 is 6.04. The molecule has 1 heterocycles. The van der Waals surface area contributed by atoms with Crippen LogP contribution in [0.2, 0.25) is 5.02 Å². The standard InChI is InChI=1S/C21H25ClN2O6S/c1-23(2)31(26,27)16-7-8-19(24-9-11-28-12-10-24)17(15-16)21(25)30-14-13-29-20-6-4-3-5-18(20)22/h3-8,15H,9-14H2,1-2H3. The maximum Gasteiger partial charge on any atom is 0.340 e. The third-order valence-corrected chi connectivity index (χ3v) is 6.85. The Morgan fingerprint density at radius 3 is 2.52 bits per heavy atom. The Bertz CT molecular complexity index is 1020. The number of carbonyl (C=O) groups is 1. The van der Waals surface area contributed by atoms with E-state index in [2.05, 4.69) is 0 Å². The van der Waals surface area contributed by atoms with Gasteiger partial charge < -0.3 is 19.1 Å². The van der Waals surface area contributed by atoms with Crippen LogP contribution in [0.1, 0.15) is 10.4 Å². The first-order chi connectivity index (χ1) is 14.8. The second-order valence-electron chi connectivity index (χ2n) is 6.98. The van der Waals surface area contributed by atoms with Gasteiger partial charge in [0.25, 0.3) is 0 Å². The maximum atomic E-state index is 12.9. The second kappa shape index (κ2) is 10.3. The highest BCUT2D eigenvalue weighted by atomic mass is 35.5. The van der Waals surface area contributed by atoms with Crippen molar-refractivity contribution in [2.75, 3.05) is 58.5 Å².